The van der Waals surface area contributed by atoms with Crippen LogP contribution in [0.4, 0.5) is 0 Å². The van der Waals surface area contributed by atoms with Gasteiger partial charge in [0.05, 0.1) is 12.7 Å². The predicted octanol–water partition coefficient (Wildman–Crippen LogP) is 4.45. The van der Waals surface area contributed by atoms with Crippen LogP contribution >= 0.6 is 12.4 Å². The van der Waals surface area contributed by atoms with Gasteiger partial charge < -0.3 is 15.4 Å². The van der Waals surface area contributed by atoms with Gasteiger partial charge >= 0.3 is 0 Å². The van der Waals surface area contributed by atoms with Crippen molar-refractivity contribution in [2.45, 2.75) is 51.1 Å². The summed E-state index contributed by atoms with van der Waals surface area (Å²) >= 11 is 0. The molecule has 1 saturated carbocycles. The summed E-state index contributed by atoms with van der Waals surface area (Å²) in [5.74, 6) is 0.795. The highest BCUT2D eigenvalue weighted by atomic mass is 35.5. The first-order chi connectivity index (χ1) is 13.2. The normalized spacial score (nSPS) is 27.0. The van der Waals surface area contributed by atoms with Crippen molar-refractivity contribution in [2.24, 2.45) is 5.41 Å². The minimum Gasteiger partial charge on any atom is -0.496 e. The van der Waals surface area contributed by atoms with Crippen molar-refractivity contribution < 1.29 is 4.74 Å². The maximum Gasteiger partial charge on any atom is 0.131 e. The second kappa shape index (κ2) is 10.7. The number of hydrogen-bond acceptors (Lipinski definition) is 4. The van der Waals surface area contributed by atoms with Crippen LogP contribution in [0.25, 0.3) is 5.57 Å². The van der Waals surface area contributed by atoms with Gasteiger partial charge in [0, 0.05) is 25.0 Å². The van der Waals surface area contributed by atoms with Gasteiger partial charge in [0.1, 0.15) is 11.2 Å². The molecule has 4 nitrogen and oxygen atoms in total. The van der Waals surface area contributed by atoms with E-state index in [0.29, 0.717) is 31.7 Å². The van der Waals surface area contributed by atoms with Crippen LogP contribution in [0.1, 0.15) is 44.6 Å². The highest BCUT2D eigenvalue weighted by molar-refractivity contribution is 5.85. The maximum absolute atomic E-state index is 10.2. The molecule has 0 radical (unpaired) electrons. The summed E-state index contributed by atoms with van der Waals surface area (Å²) in [6.07, 6.45) is 9.47. The van der Waals surface area contributed by atoms with Crippen LogP contribution in [0.15, 0.2) is 48.2 Å². The monoisotopic (exact) mass is 401 g/mol. The largest absolute Gasteiger partial charge is 0.496 e. The molecule has 152 valence electrons. The fraction of sp³-hybridized carbons (Fsp3) is 0.522. The minimum absolute atomic E-state index is 0. The topological polar surface area (TPSA) is 57.1 Å². The lowest BCUT2D eigenvalue weighted by atomic mass is 9.75. The van der Waals surface area contributed by atoms with E-state index in [1.807, 2.05) is 38.2 Å². The number of ether oxygens (including phenoxy) is 1. The molecule has 0 bridgehead atoms. The zero-order valence-corrected chi connectivity index (χ0v) is 17.7. The molecule has 1 unspecified atom stereocenters. The van der Waals surface area contributed by atoms with Gasteiger partial charge in [0.15, 0.2) is 0 Å². The lowest BCUT2D eigenvalue weighted by Crippen LogP contribution is -2.44. The Morgan fingerprint density at radius 2 is 1.79 bits per heavy atom. The van der Waals surface area contributed by atoms with Gasteiger partial charge in [-0.25, -0.2) is 0 Å². The van der Waals surface area contributed by atoms with E-state index < -0.39 is 5.41 Å². The Hall–Kier alpha value is -1.80. The van der Waals surface area contributed by atoms with Gasteiger partial charge in [-0.2, -0.15) is 5.26 Å². The second-order valence-corrected chi connectivity index (χ2v) is 7.61. The van der Waals surface area contributed by atoms with Crippen LogP contribution in [0.2, 0.25) is 0 Å². The molecule has 2 aliphatic carbocycles. The molecule has 1 aromatic carbocycles. The number of benzene rings is 1. The molecule has 5 heteroatoms. The molecular formula is C23H32ClN3O. The predicted molar refractivity (Wildman–Crippen MR) is 117 cm³/mol. The molecule has 1 fully saturated rings. The summed E-state index contributed by atoms with van der Waals surface area (Å²) in [6.45, 7) is 3.19. The van der Waals surface area contributed by atoms with Crippen molar-refractivity contribution in [2.75, 3.05) is 20.2 Å². The summed E-state index contributed by atoms with van der Waals surface area (Å²) in [4.78, 5) is 0. The number of nitriles is 1. The number of nitrogens with zero attached hydrogens (tertiary/aromatic N) is 1. The Labute approximate surface area is 175 Å². The Morgan fingerprint density at radius 1 is 1.11 bits per heavy atom. The SMILES string of the molecule is CCOC1=CC=C(c2ccccc2)CC1(C#N)CNC1CCC(NC)CC1.Cl. The molecule has 3 rings (SSSR count). The lowest BCUT2D eigenvalue weighted by Gasteiger charge is -2.36. The molecule has 2 aliphatic rings. The van der Waals surface area contributed by atoms with Crippen LogP contribution in [0, 0.1) is 16.7 Å². The fourth-order valence-corrected chi connectivity index (χ4v) is 4.19. The van der Waals surface area contributed by atoms with Crippen molar-refractivity contribution in [3.8, 4) is 6.07 Å². The van der Waals surface area contributed by atoms with Gasteiger partial charge in [-0.15, -0.1) is 12.4 Å². The molecule has 0 saturated heterocycles. The first kappa shape index (κ1) is 22.5. The summed E-state index contributed by atoms with van der Waals surface area (Å²) in [5.41, 5.74) is 1.73. The Kier molecular flexibility index (Phi) is 8.57. The first-order valence-corrected chi connectivity index (χ1v) is 10.1. The first-order valence-electron chi connectivity index (χ1n) is 10.1. The summed E-state index contributed by atoms with van der Waals surface area (Å²) < 4.78 is 5.89. The van der Waals surface area contributed by atoms with E-state index in [-0.39, 0.29) is 12.4 Å². The van der Waals surface area contributed by atoms with Gasteiger partial charge in [-0.05, 0) is 56.9 Å². The highest BCUT2D eigenvalue weighted by Gasteiger charge is 2.40. The second-order valence-electron chi connectivity index (χ2n) is 7.61. The summed E-state index contributed by atoms with van der Waals surface area (Å²) in [5, 5.41) is 17.2. The molecule has 28 heavy (non-hydrogen) atoms. The van der Waals surface area contributed by atoms with E-state index in [1.54, 1.807) is 0 Å². The Morgan fingerprint density at radius 3 is 2.39 bits per heavy atom. The molecule has 1 aromatic rings. The summed E-state index contributed by atoms with van der Waals surface area (Å²) in [6, 6.07) is 14.1. The molecule has 0 aromatic heterocycles. The molecule has 1 atom stereocenters. The average Bonchev–Trinajstić information content (AvgIpc) is 2.74. The average molecular weight is 402 g/mol. The third kappa shape index (κ3) is 5.17. The summed E-state index contributed by atoms with van der Waals surface area (Å²) in [7, 11) is 2.04. The molecular weight excluding hydrogens is 370 g/mol. The number of nitrogens with one attached hydrogen (secondary N) is 2. The van der Waals surface area contributed by atoms with Crippen LogP contribution in [0.5, 0.6) is 0 Å². The maximum atomic E-state index is 10.2. The van der Waals surface area contributed by atoms with E-state index in [9.17, 15) is 5.26 Å². The molecule has 0 heterocycles. The van der Waals surface area contributed by atoms with Crippen LogP contribution < -0.4 is 10.6 Å². The Bertz CT molecular complexity index is 717. The zero-order valence-electron chi connectivity index (χ0n) is 16.9. The van der Waals surface area contributed by atoms with E-state index in [0.717, 1.165) is 18.6 Å². The lowest BCUT2D eigenvalue weighted by molar-refractivity contribution is 0.157. The third-order valence-corrected chi connectivity index (χ3v) is 5.89. The smallest absolute Gasteiger partial charge is 0.131 e. The number of hydrogen-bond donors (Lipinski definition) is 2. The number of rotatable bonds is 7. The van der Waals surface area contributed by atoms with Gasteiger partial charge in [-0.3, -0.25) is 0 Å². The highest BCUT2D eigenvalue weighted by Crippen LogP contribution is 2.41. The molecule has 0 aliphatic heterocycles. The molecule has 0 spiro atoms. The van der Waals surface area contributed by atoms with Crippen LogP contribution in [-0.2, 0) is 4.74 Å². The quantitative estimate of drug-likeness (QED) is 0.708. The number of allylic oxidation sites excluding steroid dienone is 3. The van der Waals surface area contributed by atoms with E-state index >= 15 is 0 Å². The van der Waals surface area contributed by atoms with Gasteiger partial charge in [0.2, 0.25) is 0 Å². The molecule has 0 amide bonds. The fourth-order valence-electron chi connectivity index (χ4n) is 4.19. The van der Waals surface area contributed by atoms with Crippen LogP contribution in [-0.4, -0.2) is 32.3 Å². The number of halogens is 1. The third-order valence-electron chi connectivity index (χ3n) is 5.89. The van der Waals surface area contributed by atoms with Gasteiger partial charge in [-0.1, -0.05) is 36.4 Å². The minimum atomic E-state index is -0.643. The zero-order chi connectivity index (χ0) is 19.1. The van der Waals surface area contributed by atoms with Crippen molar-refractivity contribution in [1.82, 2.24) is 10.6 Å². The van der Waals surface area contributed by atoms with Crippen molar-refractivity contribution in [1.29, 1.82) is 5.26 Å². The Balaban J connectivity index is 0.00000280. The van der Waals surface area contributed by atoms with Crippen LogP contribution in [0.3, 0.4) is 0 Å². The van der Waals surface area contributed by atoms with E-state index in [2.05, 4.69) is 34.9 Å². The van der Waals surface area contributed by atoms with E-state index in [4.69, 9.17) is 4.74 Å². The standard InChI is InChI=1S/C23H31N3O.ClH/c1-3-27-22-14-9-19(18-7-5-4-6-8-18)15-23(22,16-24)17-26-21-12-10-20(25-2)11-13-21;/h4-9,14,20-21,25-26H,3,10-13,15,17H2,1-2H3;1H. The van der Waals surface area contributed by atoms with Crippen molar-refractivity contribution >= 4 is 18.0 Å². The molecule has 2 N–H and O–H groups in total. The van der Waals surface area contributed by atoms with Crippen molar-refractivity contribution in [3.63, 3.8) is 0 Å². The van der Waals surface area contributed by atoms with Gasteiger partial charge in [0.25, 0.3) is 0 Å². The van der Waals surface area contributed by atoms with E-state index in [1.165, 1.54) is 24.0 Å². The van der Waals surface area contributed by atoms with Crippen molar-refractivity contribution in [3.05, 3.63) is 53.8 Å².